The number of anilines is 2. The highest BCUT2D eigenvalue weighted by Gasteiger charge is 2.08. The Kier molecular flexibility index (Phi) is 5.62. The number of hydrogen-bond acceptors (Lipinski definition) is 5. The van der Waals surface area contributed by atoms with Crippen molar-refractivity contribution in [1.29, 1.82) is 0 Å². The van der Waals surface area contributed by atoms with E-state index in [4.69, 9.17) is 0 Å². The van der Waals surface area contributed by atoms with Crippen molar-refractivity contribution in [3.8, 4) is 0 Å². The van der Waals surface area contributed by atoms with Crippen LogP contribution in [0.5, 0.6) is 0 Å². The van der Waals surface area contributed by atoms with E-state index in [-0.39, 0.29) is 5.91 Å². The predicted molar refractivity (Wildman–Crippen MR) is 90.7 cm³/mol. The standard InChI is InChI=1S/C17H23N5O/c1-5-14-15(6-2)20-21-17(19-14)18-13-9-7-12(8-10-13)11-16(23)22(3)4/h7-10H,5-6,11H2,1-4H3,(H,18,19,21). The number of likely N-dealkylation sites (N-methyl/N-ethyl adjacent to an activating group) is 1. The summed E-state index contributed by atoms with van der Waals surface area (Å²) in [5.74, 6) is 0.581. The molecule has 0 aliphatic rings. The van der Waals surface area contributed by atoms with E-state index < -0.39 is 0 Å². The fourth-order valence-corrected chi connectivity index (χ4v) is 2.16. The van der Waals surface area contributed by atoms with Crippen molar-refractivity contribution in [1.82, 2.24) is 20.1 Å². The summed E-state index contributed by atoms with van der Waals surface area (Å²) >= 11 is 0. The summed E-state index contributed by atoms with van der Waals surface area (Å²) in [7, 11) is 3.52. The van der Waals surface area contributed by atoms with Crippen LogP contribution < -0.4 is 5.32 Å². The Hall–Kier alpha value is -2.50. The molecule has 6 nitrogen and oxygen atoms in total. The Bertz CT molecular complexity index is 667. The number of nitrogens with zero attached hydrogens (tertiary/aromatic N) is 4. The van der Waals surface area contributed by atoms with E-state index in [9.17, 15) is 4.79 Å². The van der Waals surface area contributed by atoms with Gasteiger partial charge in [-0.3, -0.25) is 4.79 Å². The van der Waals surface area contributed by atoms with Crippen molar-refractivity contribution >= 4 is 17.5 Å². The number of nitrogens with one attached hydrogen (secondary N) is 1. The van der Waals surface area contributed by atoms with Crippen molar-refractivity contribution in [2.75, 3.05) is 19.4 Å². The van der Waals surface area contributed by atoms with E-state index in [0.29, 0.717) is 12.4 Å². The first kappa shape index (κ1) is 16.9. The van der Waals surface area contributed by atoms with Gasteiger partial charge in [-0.15, -0.1) is 10.2 Å². The molecule has 23 heavy (non-hydrogen) atoms. The molecule has 0 radical (unpaired) electrons. The second-order valence-electron chi connectivity index (χ2n) is 5.52. The van der Waals surface area contributed by atoms with E-state index in [0.717, 1.165) is 35.5 Å². The number of hydrogen-bond donors (Lipinski definition) is 1. The molecule has 1 aromatic heterocycles. The van der Waals surface area contributed by atoms with Gasteiger partial charge >= 0.3 is 0 Å². The van der Waals surface area contributed by atoms with Crippen molar-refractivity contribution in [2.45, 2.75) is 33.1 Å². The highest BCUT2D eigenvalue weighted by atomic mass is 16.2. The Morgan fingerprint density at radius 3 is 2.26 bits per heavy atom. The minimum absolute atomic E-state index is 0.0842. The van der Waals surface area contributed by atoms with Crippen LogP contribution >= 0.6 is 0 Å². The second kappa shape index (κ2) is 7.67. The first-order valence-corrected chi connectivity index (χ1v) is 7.82. The zero-order valence-corrected chi connectivity index (χ0v) is 14.1. The van der Waals surface area contributed by atoms with Crippen molar-refractivity contribution < 1.29 is 4.79 Å². The maximum atomic E-state index is 11.7. The lowest BCUT2D eigenvalue weighted by Crippen LogP contribution is -2.23. The molecule has 122 valence electrons. The molecule has 1 heterocycles. The fourth-order valence-electron chi connectivity index (χ4n) is 2.16. The fraction of sp³-hybridized carbons (Fsp3) is 0.412. The number of benzene rings is 1. The first-order valence-electron chi connectivity index (χ1n) is 7.82. The molecule has 2 rings (SSSR count). The van der Waals surface area contributed by atoms with Crippen LogP contribution in [0.15, 0.2) is 24.3 Å². The minimum Gasteiger partial charge on any atom is -0.349 e. The number of aryl methyl sites for hydroxylation is 2. The molecule has 0 bridgehead atoms. The summed E-state index contributed by atoms with van der Waals surface area (Å²) < 4.78 is 0. The number of rotatable bonds is 6. The molecule has 2 aromatic rings. The molecule has 0 atom stereocenters. The van der Waals surface area contributed by atoms with Gasteiger partial charge in [0, 0.05) is 19.8 Å². The normalized spacial score (nSPS) is 10.4. The molecule has 0 aliphatic heterocycles. The Morgan fingerprint density at radius 1 is 1.04 bits per heavy atom. The molecule has 0 spiro atoms. The lowest BCUT2D eigenvalue weighted by atomic mass is 10.1. The Balaban J connectivity index is 2.07. The maximum absolute atomic E-state index is 11.7. The van der Waals surface area contributed by atoms with Gasteiger partial charge in [0.1, 0.15) is 0 Å². The number of amides is 1. The average molecular weight is 313 g/mol. The van der Waals surface area contributed by atoms with Gasteiger partial charge in [0.15, 0.2) is 0 Å². The lowest BCUT2D eigenvalue weighted by Gasteiger charge is -2.11. The SMILES string of the molecule is CCc1nnc(Nc2ccc(CC(=O)N(C)C)cc2)nc1CC. The summed E-state index contributed by atoms with van der Waals surface area (Å²) in [5.41, 5.74) is 3.76. The average Bonchev–Trinajstić information content (AvgIpc) is 2.56. The van der Waals surface area contributed by atoms with Gasteiger partial charge in [0.05, 0.1) is 17.8 Å². The summed E-state index contributed by atoms with van der Waals surface area (Å²) in [6.07, 6.45) is 2.06. The van der Waals surface area contributed by atoms with E-state index in [2.05, 4.69) is 27.4 Å². The molecule has 0 saturated carbocycles. The van der Waals surface area contributed by atoms with Crippen LogP contribution in [0, 0.1) is 0 Å². The number of carbonyl (C=O) groups excluding carboxylic acids is 1. The second-order valence-corrected chi connectivity index (χ2v) is 5.52. The zero-order valence-electron chi connectivity index (χ0n) is 14.1. The van der Waals surface area contributed by atoms with E-state index in [1.807, 2.05) is 31.2 Å². The van der Waals surface area contributed by atoms with Crippen molar-refractivity contribution in [2.24, 2.45) is 0 Å². The third-order valence-electron chi connectivity index (χ3n) is 3.57. The van der Waals surface area contributed by atoms with Crippen LogP contribution in [0.2, 0.25) is 0 Å². The largest absolute Gasteiger partial charge is 0.349 e. The van der Waals surface area contributed by atoms with Gasteiger partial charge < -0.3 is 10.2 Å². The quantitative estimate of drug-likeness (QED) is 0.886. The summed E-state index contributed by atoms with van der Waals surface area (Å²) in [6, 6.07) is 7.69. The smallest absolute Gasteiger partial charge is 0.247 e. The van der Waals surface area contributed by atoms with Crippen LogP contribution in [-0.2, 0) is 24.1 Å². The topological polar surface area (TPSA) is 71.0 Å². The molecular formula is C17H23N5O. The molecule has 1 aromatic carbocycles. The van der Waals surface area contributed by atoms with Crippen molar-refractivity contribution in [3.05, 3.63) is 41.2 Å². The molecule has 6 heteroatoms. The number of carbonyl (C=O) groups is 1. The van der Waals surface area contributed by atoms with Crippen LogP contribution in [0.1, 0.15) is 30.8 Å². The lowest BCUT2D eigenvalue weighted by molar-refractivity contribution is -0.127. The van der Waals surface area contributed by atoms with Crippen LogP contribution in [-0.4, -0.2) is 40.1 Å². The van der Waals surface area contributed by atoms with Gasteiger partial charge in [0.25, 0.3) is 0 Å². The highest BCUT2D eigenvalue weighted by molar-refractivity contribution is 5.78. The summed E-state index contributed by atoms with van der Waals surface area (Å²) in [4.78, 5) is 17.8. The highest BCUT2D eigenvalue weighted by Crippen LogP contribution is 2.15. The van der Waals surface area contributed by atoms with Crippen LogP contribution in [0.25, 0.3) is 0 Å². The Morgan fingerprint density at radius 2 is 1.70 bits per heavy atom. The maximum Gasteiger partial charge on any atom is 0.247 e. The van der Waals surface area contributed by atoms with Crippen molar-refractivity contribution in [3.63, 3.8) is 0 Å². The van der Waals surface area contributed by atoms with Gasteiger partial charge in [-0.1, -0.05) is 26.0 Å². The molecular weight excluding hydrogens is 290 g/mol. The minimum atomic E-state index is 0.0842. The zero-order chi connectivity index (χ0) is 16.8. The Labute approximate surface area is 137 Å². The molecule has 0 unspecified atom stereocenters. The van der Waals surface area contributed by atoms with Crippen LogP contribution in [0.4, 0.5) is 11.6 Å². The molecule has 0 aliphatic carbocycles. The van der Waals surface area contributed by atoms with E-state index in [1.165, 1.54) is 0 Å². The van der Waals surface area contributed by atoms with Crippen LogP contribution in [0.3, 0.4) is 0 Å². The van der Waals surface area contributed by atoms with Gasteiger partial charge in [-0.2, -0.15) is 0 Å². The van der Waals surface area contributed by atoms with Gasteiger partial charge in [0.2, 0.25) is 11.9 Å². The molecule has 0 saturated heterocycles. The third kappa shape index (κ3) is 4.48. The molecule has 1 N–H and O–H groups in total. The number of aromatic nitrogens is 3. The van der Waals surface area contributed by atoms with Gasteiger partial charge in [-0.25, -0.2) is 4.98 Å². The van der Waals surface area contributed by atoms with E-state index >= 15 is 0 Å². The third-order valence-corrected chi connectivity index (χ3v) is 3.57. The molecule has 0 fully saturated rings. The first-order chi connectivity index (χ1) is 11.0. The summed E-state index contributed by atoms with van der Waals surface area (Å²) in [6.45, 7) is 4.11. The van der Waals surface area contributed by atoms with Gasteiger partial charge in [-0.05, 0) is 30.5 Å². The van der Waals surface area contributed by atoms with E-state index in [1.54, 1.807) is 19.0 Å². The predicted octanol–water partition coefficient (Wildman–Crippen LogP) is 2.37. The molecule has 1 amide bonds. The summed E-state index contributed by atoms with van der Waals surface area (Å²) in [5, 5.41) is 11.5. The monoisotopic (exact) mass is 313 g/mol.